The number of aromatic nitrogens is 2. The normalized spacial score (nSPS) is 10.4. The first-order valence-electron chi connectivity index (χ1n) is 6.27. The lowest BCUT2D eigenvalue weighted by Crippen LogP contribution is -2.12. The molecule has 0 aliphatic rings. The van der Waals surface area contributed by atoms with Crippen molar-refractivity contribution in [3.63, 3.8) is 0 Å². The lowest BCUT2D eigenvalue weighted by molar-refractivity contribution is 0.100. The molecule has 1 heterocycles. The van der Waals surface area contributed by atoms with E-state index >= 15 is 0 Å². The van der Waals surface area contributed by atoms with Gasteiger partial charge in [0, 0.05) is 17.8 Å². The van der Waals surface area contributed by atoms with Crippen LogP contribution in [0.4, 0.5) is 5.69 Å². The van der Waals surface area contributed by atoms with Crippen LogP contribution in [0.1, 0.15) is 28.7 Å². The van der Waals surface area contributed by atoms with Crippen molar-refractivity contribution >= 4 is 11.6 Å². The molecule has 0 radical (unpaired) electrons. The molecular weight excluding hydrogens is 240 g/mol. The van der Waals surface area contributed by atoms with Gasteiger partial charge in [0.2, 0.25) is 5.91 Å². The van der Waals surface area contributed by atoms with Gasteiger partial charge >= 0.3 is 0 Å². The van der Waals surface area contributed by atoms with Crippen LogP contribution in [-0.2, 0) is 13.1 Å². The monoisotopic (exact) mass is 258 g/mol. The summed E-state index contributed by atoms with van der Waals surface area (Å²) in [5.41, 5.74) is 8.76. The number of primary amides is 1. The molecule has 1 amide bonds. The summed E-state index contributed by atoms with van der Waals surface area (Å²) in [6, 6.07) is 9.22. The fraction of sp³-hybridized carbons (Fsp3) is 0.286. The van der Waals surface area contributed by atoms with E-state index in [1.807, 2.05) is 23.7 Å². The van der Waals surface area contributed by atoms with E-state index in [-0.39, 0.29) is 0 Å². The van der Waals surface area contributed by atoms with Crippen molar-refractivity contribution in [3.8, 4) is 0 Å². The Kier molecular flexibility index (Phi) is 3.85. The van der Waals surface area contributed by atoms with Crippen molar-refractivity contribution in [3.05, 3.63) is 47.3 Å². The number of hydrogen-bond donors (Lipinski definition) is 2. The van der Waals surface area contributed by atoms with Crippen LogP contribution in [0.5, 0.6) is 0 Å². The maximum atomic E-state index is 11.1. The van der Waals surface area contributed by atoms with Gasteiger partial charge in [-0.25, -0.2) is 0 Å². The number of amides is 1. The Morgan fingerprint density at radius 3 is 2.89 bits per heavy atom. The Balaban J connectivity index is 2.09. The van der Waals surface area contributed by atoms with E-state index < -0.39 is 5.91 Å². The van der Waals surface area contributed by atoms with Crippen molar-refractivity contribution < 1.29 is 4.79 Å². The molecule has 0 spiro atoms. The van der Waals surface area contributed by atoms with Gasteiger partial charge in [-0.3, -0.25) is 9.48 Å². The van der Waals surface area contributed by atoms with Gasteiger partial charge in [-0.2, -0.15) is 5.10 Å². The number of nitrogens with two attached hydrogens (primary N) is 1. The first-order chi connectivity index (χ1) is 9.10. The number of anilines is 1. The SMILES string of the molecule is CCn1nc(C)cc1CNc1cccc(C(N)=O)c1. The zero-order valence-electron chi connectivity index (χ0n) is 11.2. The van der Waals surface area contributed by atoms with Crippen molar-refractivity contribution in [1.29, 1.82) is 0 Å². The summed E-state index contributed by atoms with van der Waals surface area (Å²) < 4.78 is 1.96. The van der Waals surface area contributed by atoms with Gasteiger partial charge in [-0.15, -0.1) is 0 Å². The molecule has 19 heavy (non-hydrogen) atoms. The van der Waals surface area contributed by atoms with E-state index in [1.165, 1.54) is 0 Å². The maximum absolute atomic E-state index is 11.1. The number of benzene rings is 1. The summed E-state index contributed by atoms with van der Waals surface area (Å²) in [4.78, 5) is 11.1. The van der Waals surface area contributed by atoms with Crippen LogP contribution in [-0.4, -0.2) is 15.7 Å². The van der Waals surface area contributed by atoms with Crippen molar-refractivity contribution in [2.45, 2.75) is 26.9 Å². The molecule has 3 N–H and O–H groups in total. The number of nitrogens with one attached hydrogen (secondary N) is 1. The quantitative estimate of drug-likeness (QED) is 0.860. The molecule has 5 heteroatoms. The van der Waals surface area contributed by atoms with E-state index in [0.29, 0.717) is 12.1 Å². The number of rotatable bonds is 5. The van der Waals surface area contributed by atoms with E-state index in [4.69, 9.17) is 5.73 Å². The van der Waals surface area contributed by atoms with Gasteiger partial charge in [-0.05, 0) is 38.1 Å². The highest BCUT2D eigenvalue weighted by atomic mass is 16.1. The van der Waals surface area contributed by atoms with Crippen molar-refractivity contribution in [2.24, 2.45) is 5.73 Å². The van der Waals surface area contributed by atoms with E-state index in [2.05, 4.69) is 23.4 Å². The van der Waals surface area contributed by atoms with E-state index in [9.17, 15) is 4.79 Å². The average Bonchev–Trinajstić information content (AvgIpc) is 2.77. The Bertz CT molecular complexity index is 589. The molecule has 0 aliphatic carbocycles. The molecule has 100 valence electrons. The smallest absolute Gasteiger partial charge is 0.248 e. The summed E-state index contributed by atoms with van der Waals surface area (Å²) in [5.74, 6) is -0.418. The second-order valence-electron chi connectivity index (χ2n) is 4.39. The Hall–Kier alpha value is -2.30. The van der Waals surface area contributed by atoms with Gasteiger partial charge in [0.15, 0.2) is 0 Å². The second-order valence-corrected chi connectivity index (χ2v) is 4.39. The summed E-state index contributed by atoms with van der Waals surface area (Å²) >= 11 is 0. The van der Waals surface area contributed by atoms with Crippen LogP contribution in [0, 0.1) is 6.92 Å². The minimum atomic E-state index is -0.418. The molecule has 0 saturated carbocycles. The van der Waals surface area contributed by atoms with Gasteiger partial charge < -0.3 is 11.1 Å². The number of hydrogen-bond acceptors (Lipinski definition) is 3. The molecule has 0 atom stereocenters. The topological polar surface area (TPSA) is 72.9 Å². The number of carbonyl (C=O) groups excluding carboxylic acids is 1. The predicted octanol–water partition coefficient (Wildman–Crippen LogP) is 1.92. The highest BCUT2D eigenvalue weighted by molar-refractivity contribution is 5.93. The molecule has 0 saturated heterocycles. The first kappa shape index (κ1) is 13.1. The predicted molar refractivity (Wildman–Crippen MR) is 74.9 cm³/mol. The Morgan fingerprint density at radius 2 is 2.21 bits per heavy atom. The molecular formula is C14H18N4O. The molecule has 0 fully saturated rings. The average molecular weight is 258 g/mol. The summed E-state index contributed by atoms with van der Waals surface area (Å²) in [5, 5.41) is 7.67. The Labute approximate surface area is 112 Å². The van der Waals surface area contributed by atoms with Crippen LogP contribution in [0.3, 0.4) is 0 Å². The summed E-state index contributed by atoms with van der Waals surface area (Å²) in [7, 11) is 0. The highest BCUT2D eigenvalue weighted by Gasteiger charge is 2.05. The third-order valence-electron chi connectivity index (χ3n) is 2.91. The van der Waals surface area contributed by atoms with Crippen LogP contribution >= 0.6 is 0 Å². The fourth-order valence-electron chi connectivity index (χ4n) is 1.99. The molecule has 0 aliphatic heterocycles. The lowest BCUT2D eigenvalue weighted by Gasteiger charge is -2.08. The van der Waals surface area contributed by atoms with E-state index in [1.54, 1.807) is 12.1 Å². The third kappa shape index (κ3) is 3.13. The van der Waals surface area contributed by atoms with Crippen LogP contribution in [0.15, 0.2) is 30.3 Å². The van der Waals surface area contributed by atoms with Crippen molar-refractivity contribution in [1.82, 2.24) is 9.78 Å². The van der Waals surface area contributed by atoms with Gasteiger partial charge in [0.25, 0.3) is 0 Å². The fourth-order valence-corrected chi connectivity index (χ4v) is 1.99. The van der Waals surface area contributed by atoms with Gasteiger partial charge in [0.1, 0.15) is 0 Å². The minimum absolute atomic E-state index is 0.418. The number of carbonyl (C=O) groups is 1. The standard InChI is InChI=1S/C14H18N4O/c1-3-18-13(7-10(2)17-18)9-16-12-6-4-5-11(8-12)14(15)19/h4-8,16H,3,9H2,1-2H3,(H2,15,19). The van der Waals surface area contributed by atoms with Crippen molar-refractivity contribution in [2.75, 3.05) is 5.32 Å². The molecule has 5 nitrogen and oxygen atoms in total. The van der Waals surface area contributed by atoms with Gasteiger partial charge in [-0.1, -0.05) is 6.07 Å². The molecule has 1 aromatic heterocycles. The minimum Gasteiger partial charge on any atom is -0.379 e. The van der Waals surface area contributed by atoms with Gasteiger partial charge in [0.05, 0.1) is 17.9 Å². The Morgan fingerprint density at radius 1 is 1.42 bits per heavy atom. The zero-order chi connectivity index (χ0) is 13.8. The lowest BCUT2D eigenvalue weighted by atomic mass is 10.2. The van der Waals surface area contributed by atoms with E-state index in [0.717, 1.165) is 23.6 Å². The largest absolute Gasteiger partial charge is 0.379 e. The number of aryl methyl sites for hydroxylation is 2. The molecule has 1 aromatic carbocycles. The molecule has 2 aromatic rings. The first-order valence-corrected chi connectivity index (χ1v) is 6.27. The summed E-state index contributed by atoms with van der Waals surface area (Å²) in [6.07, 6.45) is 0. The third-order valence-corrected chi connectivity index (χ3v) is 2.91. The molecule has 2 rings (SSSR count). The molecule has 0 bridgehead atoms. The second kappa shape index (κ2) is 5.56. The van der Waals surface area contributed by atoms with Crippen LogP contribution in [0.25, 0.3) is 0 Å². The highest BCUT2D eigenvalue weighted by Crippen LogP contribution is 2.12. The number of nitrogens with zero attached hydrogens (tertiary/aromatic N) is 2. The van der Waals surface area contributed by atoms with Crippen LogP contribution < -0.4 is 11.1 Å². The molecule has 0 unspecified atom stereocenters. The summed E-state index contributed by atoms with van der Waals surface area (Å²) in [6.45, 7) is 5.54. The maximum Gasteiger partial charge on any atom is 0.248 e. The van der Waals surface area contributed by atoms with Crippen LogP contribution in [0.2, 0.25) is 0 Å². The zero-order valence-corrected chi connectivity index (χ0v) is 11.2.